The van der Waals surface area contributed by atoms with Crippen LogP contribution in [0.4, 0.5) is 0 Å². The maximum atomic E-state index is 5.18. The minimum absolute atomic E-state index is 0.501. The molecule has 0 heterocycles. The third kappa shape index (κ3) is 10.1. The monoisotopic (exact) mass is 229 g/mol. The molecule has 0 radical (unpaired) electrons. The lowest BCUT2D eigenvalue weighted by Crippen LogP contribution is -2.34. The summed E-state index contributed by atoms with van der Waals surface area (Å²) in [6.07, 6.45) is 8.88. The van der Waals surface area contributed by atoms with Crippen LogP contribution in [0.5, 0.6) is 0 Å². The molecule has 2 nitrogen and oxygen atoms in total. The molecule has 0 spiro atoms. The molecule has 0 fully saturated rings. The lowest BCUT2D eigenvalue weighted by molar-refractivity contribution is 0.162. The van der Waals surface area contributed by atoms with Gasteiger partial charge in [-0.2, -0.15) is 0 Å². The lowest BCUT2D eigenvalue weighted by atomic mass is 10.1. The van der Waals surface area contributed by atoms with E-state index < -0.39 is 0 Å². The van der Waals surface area contributed by atoms with Crippen LogP contribution >= 0.6 is 11.8 Å². The van der Waals surface area contributed by atoms with E-state index in [-0.39, 0.29) is 0 Å². The molecule has 0 amide bonds. The zero-order valence-electron chi connectivity index (χ0n) is 9.92. The van der Waals surface area contributed by atoms with Gasteiger partial charge in [0, 0.05) is 25.4 Å². The van der Waals surface area contributed by atoms with Gasteiger partial charge in [-0.15, -0.1) is 18.2 Å². The van der Waals surface area contributed by atoms with E-state index >= 15 is 0 Å². The summed E-state index contributed by atoms with van der Waals surface area (Å²) in [7, 11) is 1.76. The Balaban J connectivity index is 3.43. The van der Waals surface area contributed by atoms with Crippen LogP contribution in [-0.4, -0.2) is 37.8 Å². The number of rotatable bonds is 10. The molecule has 0 rings (SSSR count). The van der Waals surface area contributed by atoms with Crippen molar-refractivity contribution in [3.63, 3.8) is 0 Å². The number of methoxy groups -OCH3 is 1. The van der Waals surface area contributed by atoms with Gasteiger partial charge in [0.25, 0.3) is 0 Å². The van der Waals surface area contributed by atoms with E-state index in [1.54, 1.807) is 18.9 Å². The first-order valence-corrected chi connectivity index (χ1v) is 6.74. The fourth-order valence-corrected chi connectivity index (χ4v) is 1.89. The zero-order valence-corrected chi connectivity index (χ0v) is 10.7. The van der Waals surface area contributed by atoms with Gasteiger partial charge in [0.15, 0.2) is 0 Å². The molecule has 0 saturated heterocycles. The quantitative estimate of drug-likeness (QED) is 0.458. The second-order valence-electron chi connectivity index (χ2n) is 3.51. The number of terminal acetylenes is 1. The maximum absolute atomic E-state index is 5.18. The van der Waals surface area contributed by atoms with E-state index in [4.69, 9.17) is 11.2 Å². The molecule has 1 atom stereocenters. The molecule has 0 aromatic heterocycles. The van der Waals surface area contributed by atoms with E-state index in [2.05, 4.69) is 18.2 Å². The molecule has 1 unspecified atom stereocenters. The van der Waals surface area contributed by atoms with E-state index in [0.717, 1.165) is 24.7 Å². The summed E-state index contributed by atoms with van der Waals surface area (Å²) >= 11 is 1.80. The SMILES string of the molecule is C#CCSCCNC(CCCC)COC. The Morgan fingerprint density at radius 1 is 1.53 bits per heavy atom. The van der Waals surface area contributed by atoms with Crippen molar-refractivity contribution in [1.82, 2.24) is 5.32 Å². The van der Waals surface area contributed by atoms with Gasteiger partial charge >= 0.3 is 0 Å². The van der Waals surface area contributed by atoms with Crippen molar-refractivity contribution in [2.24, 2.45) is 0 Å². The van der Waals surface area contributed by atoms with Gasteiger partial charge in [0.1, 0.15) is 0 Å². The molecule has 3 heteroatoms. The summed E-state index contributed by atoms with van der Waals surface area (Å²) in [6, 6.07) is 0.501. The minimum atomic E-state index is 0.501. The Morgan fingerprint density at radius 3 is 2.93 bits per heavy atom. The van der Waals surface area contributed by atoms with Gasteiger partial charge in [0.05, 0.1) is 12.4 Å². The van der Waals surface area contributed by atoms with Crippen LogP contribution in [0.1, 0.15) is 26.2 Å². The van der Waals surface area contributed by atoms with Crippen LogP contribution in [0.3, 0.4) is 0 Å². The van der Waals surface area contributed by atoms with Gasteiger partial charge in [-0.1, -0.05) is 25.7 Å². The summed E-state index contributed by atoms with van der Waals surface area (Å²) in [6.45, 7) is 4.04. The molecular weight excluding hydrogens is 206 g/mol. The van der Waals surface area contributed by atoms with Crippen LogP contribution in [0.25, 0.3) is 0 Å². The van der Waals surface area contributed by atoms with Crippen molar-refractivity contribution >= 4 is 11.8 Å². The third-order valence-electron chi connectivity index (χ3n) is 2.14. The zero-order chi connectivity index (χ0) is 11.4. The topological polar surface area (TPSA) is 21.3 Å². The summed E-state index contributed by atoms with van der Waals surface area (Å²) in [5, 5.41) is 3.50. The fourth-order valence-electron chi connectivity index (χ4n) is 1.36. The predicted octanol–water partition coefficient (Wildman–Crippen LogP) is 2.15. The molecule has 88 valence electrons. The van der Waals surface area contributed by atoms with Gasteiger partial charge in [-0.05, 0) is 6.42 Å². The van der Waals surface area contributed by atoms with Crippen molar-refractivity contribution in [3.05, 3.63) is 0 Å². The van der Waals surface area contributed by atoms with Gasteiger partial charge in [0.2, 0.25) is 0 Å². The average Bonchev–Trinajstić information content (AvgIpc) is 2.25. The van der Waals surface area contributed by atoms with Crippen LogP contribution in [0.2, 0.25) is 0 Å². The molecule has 0 aliphatic rings. The number of thioether (sulfide) groups is 1. The van der Waals surface area contributed by atoms with E-state index in [1.807, 2.05) is 0 Å². The number of ether oxygens (including phenoxy) is 1. The normalized spacial score (nSPS) is 12.3. The van der Waals surface area contributed by atoms with Crippen molar-refractivity contribution in [2.75, 3.05) is 31.8 Å². The summed E-state index contributed by atoms with van der Waals surface area (Å²) < 4.78 is 5.18. The molecule has 0 aliphatic carbocycles. The minimum Gasteiger partial charge on any atom is -0.383 e. The molecule has 0 aromatic carbocycles. The molecule has 0 aliphatic heterocycles. The van der Waals surface area contributed by atoms with Crippen LogP contribution in [0.15, 0.2) is 0 Å². The first-order chi connectivity index (χ1) is 7.35. The van der Waals surface area contributed by atoms with E-state index in [9.17, 15) is 0 Å². The van der Waals surface area contributed by atoms with Crippen LogP contribution < -0.4 is 5.32 Å². The van der Waals surface area contributed by atoms with Crippen LogP contribution in [-0.2, 0) is 4.74 Å². The Kier molecular flexibility index (Phi) is 11.8. The van der Waals surface area contributed by atoms with E-state index in [1.165, 1.54) is 19.3 Å². The van der Waals surface area contributed by atoms with Gasteiger partial charge in [-0.25, -0.2) is 0 Å². The Morgan fingerprint density at radius 2 is 2.33 bits per heavy atom. The lowest BCUT2D eigenvalue weighted by Gasteiger charge is -2.17. The predicted molar refractivity (Wildman–Crippen MR) is 69.3 cm³/mol. The van der Waals surface area contributed by atoms with Crippen LogP contribution in [0, 0.1) is 12.3 Å². The van der Waals surface area contributed by atoms with Crippen molar-refractivity contribution in [1.29, 1.82) is 0 Å². The Bertz CT molecular complexity index is 167. The average molecular weight is 229 g/mol. The highest BCUT2D eigenvalue weighted by molar-refractivity contribution is 7.99. The first-order valence-electron chi connectivity index (χ1n) is 5.58. The molecule has 0 aromatic rings. The molecule has 15 heavy (non-hydrogen) atoms. The van der Waals surface area contributed by atoms with Crippen molar-refractivity contribution < 1.29 is 4.74 Å². The first kappa shape index (κ1) is 14.8. The number of nitrogens with one attached hydrogen (secondary N) is 1. The van der Waals surface area contributed by atoms with E-state index in [0.29, 0.717) is 6.04 Å². The summed E-state index contributed by atoms with van der Waals surface area (Å²) in [4.78, 5) is 0. The van der Waals surface area contributed by atoms with Gasteiger partial charge < -0.3 is 10.1 Å². The van der Waals surface area contributed by atoms with Crippen molar-refractivity contribution in [3.8, 4) is 12.3 Å². The molecule has 1 N–H and O–H groups in total. The molecular formula is C12H23NOS. The third-order valence-corrected chi connectivity index (χ3v) is 3.00. The smallest absolute Gasteiger partial charge is 0.0615 e. The molecule has 0 saturated carbocycles. The highest BCUT2D eigenvalue weighted by Gasteiger charge is 2.05. The maximum Gasteiger partial charge on any atom is 0.0615 e. The number of hydrogen-bond donors (Lipinski definition) is 1. The highest BCUT2D eigenvalue weighted by Crippen LogP contribution is 2.02. The van der Waals surface area contributed by atoms with Crippen molar-refractivity contribution in [2.45, 2.75) is 32.2 Å². The highest BCUT2D eigenvalue weighted by atomic mass is 32.2. The largest absolute Gasteiger partial charge is 0.383 e. The second-order valence-corrected chi connectivity index (χ2v) is 4.61. The van der Waals surface area contributed by atoms with Gasteiger partial charge in [-0.3, -0.25) is 0 Å². The summed E-state index contributed by atoms with van der Waals surface area (Å²) in [5.41, 5.74) is 0. The fraction of sp³-hybridized carbons (Fsp3) is 0.833. The number of unbranched alkanes of at least 4 members (excludes halogenated alkanes) is 1. The standard InChI is InChI=1S/C12H23NOS/c1-4-6-7-12(11-14-3)13-8-10-15-9-5-2/h2,12-13H,4,6-11H2,1,3H3. The second kappa shape index (κ2) is 11.9. The Labute approximate surface area is 98.5 Å². The molecule has 0 bridgehead atoms. The summed E-state index contributed by atoms with van der Waals surface area (Å²) in [5.74, 6) is 4.52. The Hall–Kier alpha value is -0.170. The number of hydrogen-bond acceptors (Lipinski definition) is 3.